The maximum absolute atomic E-state index is 12.8. The summed E-state index contributed by atoms with van der Waals surface area (Å²) < 4.78 is 38.5. The van der Waals surface area contributed by atoms with E-state index >= 15 is 0 Å². The summed E-state index contributed by atoms with van der Waals surface area (Å²) >= 11 is 0. The molecule has 0 spiro atoms. The van der Waals surface area contributed by atoms with E-state index in [0.717, 1.165) is 11.6 Å². The lowest BCUT2D eigenvalue weighted by Gasteiger charge is -2.12. The summed E-state index contributed by atoms with van der Waals surface area (Å²) in [6.45, 7) is 4.10. The Balaban J connectivity index is 2.35. The van der Waals surface area contributed by atoms with Crippen LogP contribution in [-0.2, 0) is 6.18 Å². The van der Waals surface area contributed by atoms with Crippen molar-refractivity contribution >= 4 is 17.5 Å². The van der Waals surface area contributed by atoms with Crippen LogP contribution >= 0.6 is 0 Å². The van der Waals surface area contributed by atoms with E-state index in [4.69, 9.17) is 0 Å². The first kappa shape index (κ1) is 15.1. The van der Waals surface area contributed by atoms with Gasteiger partial charge in [-0.1, -0.05) is 12.1 Å². The van der Waals surface area contributed by atoms with Crippen LogP contribution in [0.4, 0.5) is 30.6 Å². The van der Waals surface area contributed by atoms with Gasteiger partial charge in [-0.15, -0.1) is 0 Å². The third kappa shape index (κ3) is 4.08. The van der Waals surface area contributed by atoms with Crippen LogP contribution in [0.15, 0.2) is 30.3 Å². The maximum Gasteiger partial charge on any atom is 0.433 e. The zero-order valence-electron chi connectivity index (χ0n) is 11.6. The molecule has 4 nitrogen and oxygen atoms in total. The zero-order chi connectivity index (χ0) is 15.5. The number of aryl methyl sites for hydroxylation is 1. The number of hydrogen-bond acceptors (Lipinski definition) is 4. The molecule has 0 aliphatic rings. The Morgan fingerprint density at radius 1 is 1.14 bits per heavy atom. The fraction of sp³-hybridized carbons (Fsp3) is 0.286. The van der Waals surface area contributed by atoms with E-state index in [1.165, 1.54) is 0 Å². The zero-order valence-corrected chi connectivity index (χ0v) is 11.6. The molecule has 0 saturated heterocycles. The van der Waals surface area contributed by atoms with Crippen LogP contribution in [0.25, 0.3) is 0 Å². The molecule has 112 valence electrons. The molecule has 1 aromatic heterocycles. The predicted molar refractivity (Wildman–Crippen MR) is 75.7 cm³/mol. The summed E-state index contributed by atoms with van der Waals surface area (Å²) in [5, 5.41) is 5.56. The molecule has 0 saturated carbocycles. The van der Waals surface area contributed by atoms with Gasteiger partial charge in [-0.05, 0) is 31.5 Å². The largest absolute Gasteiger partial charge is 0.433 e. The lowest BCUT2D eigenvalue weighted by atomic mass is 10.2. The molecule has 1 aromatic carbocycles. The number of aromatic nitrogens is 2. The molecular weight excluding hydrogens is 281 g/mol. The molecule has 0 aliphatic carbocycles. The molecular formula is C14H15F3N4. The Labute approximate surface area is 120 Å². The summed E-state index contributed by atoms with van der Waals surface area (Å²) in [6, 6.07) is 8.19. The van der Waals surface area contributed by atoms with Gasteiger partial charge in [0.2, 0.25) is 5.95 Å². The Hall–Kier alpha value is -2.31. The number of nitrogens with one attached hydrogen (secondary N) is 2. The summed E-state index contributed by atoms with van der Waals surface area (Å²) in [5.74, 6) is 0.0429. The van der Waals surface area contributed by atoms with Crippen LogP contribution in [0, 0.1) is 6.92 Å². The number of anilines is 3. The average Bonchev–Trinajstić information content (AvgIpc) is 2.37. The van der Waals surface area contributed by atoms with Gasteiger partial charge in [-0.3, -0.25) is 0 Å². The minimum atomic E-state index is -4.52. The highest BCUT2D eigenvalue weighted by Crippen LogP contribution is 2.30. The van der Waals surface area contributed by atoms with E-state index in [-0.39, 0.29) is 11.8 Å². The molecule has 7 heteroatoms. The Kier molecular flexibility index (Phi) is 4.30. The number of hydrogen-bond donors (Lipinski definition) is 2. The second-order valence-electron chi connectivity index (χ2n) is 4.48. The first-order valence-electron chi connectivity index (χ1n) is 6.42. The molecule has 2 rings (SSSR count). The smallest absolute Gasteiger partial charge is 0.354 e. The third-order valence-electron chi connectivity index (χ3n) is 2.64. The molecule has 0 fully saturated rings. The Morgan fingerprint density at radius 2 is 1.90 bits per heavy atom. The van der Waals surface area contributed by atoms with E-state index in [1.807, 2.05) is 25.1 Å². The quantitative estimate of drug-likeness (QED) is 0.896. The maximum atomic E-state index is 12.8. The van der Waals surface area contributed by atoms with E-state index in [0.29, 0.717) is 12.2 Å². The molecule has 1 heterocycles. The van der Waals surface area contributed by atoms with Crippen LogP contribution in [0.1, 0.15) is 18.2 Å². The van der Waals surface area contributed by atoms with Crippen LogP contribution in [0.5, 0.6) is 0 Å². The average molecular weight is 296 g/mol. The second-order valence-corrected chi connectivity index (χ2v) is 4.48. The first-order chi connectivity index (χ1) is 9.88. The molecule has 0 aliphatic heterocycles. The van der Waals surface area contributed by atoms with Crippen molar-refractivity contribution in [3.05, 3.63) is 41.6 Å². The highest BCUT2D eigenvalue weighted by molar-refractivity contribution is 5.58. The van der Waals surface area contributed by atoms with Crippen molar-refractivity contribution in [1.29, 1.82) is 0 Å². The summed E-state index contributed by atoms with van der Waals surface area (Å²) in [5.41, 5.74) is 0.685. The molecule has 0 bridgehead atoms. The van der Waals surface area contributed by atoms with E-state index in [1.54, 1.807) is 13.0 Å². The van der Waals surface area contributed by atoms with Gasteiger partial charge in [-0.25, -0.2) is 4.98 Å². The number of halogens is 3. The predicted octanol–water partition coefficient (Wildman–Crippen LogP) is 3.98. The van der Waals surface area contributed by atoms with Crippen LogP contribution in [0.2, 0.25) is 0 Å². The number of rotatable bonds is 4. The molecule has 2 N–H and O–H groups in total. The standard InChI is InChI=1S/C14H15F3N4/c1-3-18-13-20-11(14(15,16)17)8-12(21-13)19-10-6-4-5-9(2)7-10/h4-8H,3H2,1-2H3,(H2,18,19,20,21). The Bertz CT molecular complexity index is 626. The lowest BCUT2D eigenvalue weighted by molar-refractivity contribution is -0.141. The van der Waals surface area contributed by atoms with E-state index in [2.05, 4.69) is 20.6 Å². The van der Waals surface area contributed by atoms with E-state index < -0.39 is 11.9 Å². The van der Waals surface area contributed by atoms with Crippen molar-refractivity contribution in [2.75, 3.05) is 17.2 Å². The number of nitrogens with zero attached hydrogens (tertiary/aromatic N) is 2. The van der Waals surface area contributed by atoms with Crippen molar-refractivity contribution in [2.24, 2.45) is 0 Å². The van der Waals surface area contributed by atoms with Crippen LogP contribution in [0.3, 0.4) is 0 Å². The van der Waals surface area contributed by atoms with Gasteiger partial charge in [-0.2, -0.15) is 18.2 Å². The molecule has 21 heavy (non-hydrogen) atoms. The van der Waals surface area contributed by atoms with Gasteiger partial charge in [0, 0.05) is 18.3 Å². The summed E-state index contributed by atoms with van der Waals surface area (Å²) in [6.07, 6.45) is -4.52. The SMILES string of the molecule is CCNc1nc(Nc2cccc(C)c2)cc(C(F)(F)F)n1. The van der Waals surface area contributed by atoms with Crippen LogP contribution in [-0.4, -0.2) is 16.5 Å². The molecule has 0 amide bonds. The summed E-state index contributed by atoms with van der Waals surface area (Å²) in [7, 11) is 0. The van der Waals surface area contributed by atoms with Crippen molar-refractivity contribution in [3.8, 4) is 0 Å². The minimum absolute atomic E-state index is 0.0533. The molecule has 2 aromatic rings. The van der Waals surface area contributed by atoms with Gasteiger partial charge >= 0.3 is 6.18 Å². The summed E-state index contributed by atoms with van der Waals surface area (Å²) in [4.78, 5) is 7.49. The van der Waals surface area contributed by atoms with Crippen molar-refractivity contribution in [3.63, 3.8) is 0 Å². The number of benzene rings is 1. The number of alkyl halides is 3. The van der Waals surface area contributed by atoms with Crippen molar-refractivity contribution in [1.82, 2.24) is 9.97 Å². The van der Waals surface area contributed by atoms with Gasteiger partial charge in [0.25, 0.3) is 0 Å². The van der Waals surface area contributed by atoms with Gasteiger partial charge in [0.05, 0.1) is 0 Å². The van der Waals surface area contributed by atoms with Crippen molar-refractivity contribution < 1.29 is 13.2 Å². The van der Waals surface area contributed by atoms with E-state index in [9.17, 15) is 13.2 Å². The fourth-order valence-corrected chi connectivity index (χ4v) is 1.76. The fourth-order valence-electron chi connectivity index (χ4n) is 1.76. The molecule has 0 unspecified atom stereocenters. The highest BCUT2D eigenvalue weighted by atomic mass is 19.4. The van der Waals surface area contributed by atoms with Gasteiger partial charge < -0.3 is 10.6 Å². The minimum Gasteiger partial charge on any atom is -0.354 e. The monoisotopic (exact) mass is 296 g/mol. The molecule has 0 atom stereocenters. The first-order valence-corrected chi connectivity index (χ1v) is 6.42. The normalized spacial score (nSPS) is 11.3. The second kappa shape index (κ2) is 5.99. The molecule has 0 radical (unpaired) electrons. The van der Waals surface area contributed by atoms with Crippen molar-refractivity contribution in [2.45, 2.75) is 20.0 Å². The Morgan fingerprint density at radius 3 is 2.52 bits per heavy atom. The van der Waals surface area contributed by atoms with Gasteiger partial charge in [0.15, 0.2) is 5.69 Å². The topological polar surface area (TPSA) is 49.8 Å². The van der Waals surface area contributed by atoms with Crippen LogP contribution < -0.4 is 10.6 Å². The highest BCUT2D eigenvalue weighted by Gasteiger charge is 2.33. The third-order valence-corrected chi connectivity index (χ3v) is 2.64. The van der Waals surface area contributed by atoms with Gasteiger partial charge in [0.1, 0.15) is 5.82 Å². The lowest BCUT2D eigenvalue weighted by Crippen LogP contribution is -2.13.